The average Bonchev–Trinajstić information content (AvgIpc) is 3.34. The van der Waals surface area contributed by atoms with Crippen LogP contribution in [0.2, 0.25) is 0 Å². The number of rotatable bonds is 8. The number of carbonyl (C=O) groups excluding carboxylic acids is 2. The van der Waals surface area contributed by atoms with E-state index >= 15 is 0 Å². The van der Waals surface area contributed by atoms with Crippen LogP contribution in [0.25, 0.3) is 0 Å². The number of anilines is 2. The van der Waals surface area contributed by atoms with Gasteiger partial charge in [0.15, 0.2) is 5.76 Å². The standard InChI is InChI=1S/C35H49N5O6/c1-23-19-40(24(2)22-41)34(42)30-18-29(36-35(43)37-33-26(4)38-46-27(33)5)15-16-31(30)45-25(3)12-10-11-17-44-32(23)21-39(6)20-28-13-8-7-9-14-28/h7-9,13-16,18,23-25,32,41H,10-12,17,19-22H2,1-6H3,(H2,36,37,43)/t23-,24-,25-,32+/m0/s1. The van der Waals surface area contributed by atoms with Crippen molar-refractivity contribution in [2.75, 3.05) is 44.0 Å². The molecule has 2 aromatic carbocycles. The largest absolute Gasteiger partial charge is 0.490 e. The monoisotopic (exact) mass is 635 g/mol. The molecule has 0 bridgehead atoms. The number of amides is 3. The second kappa shape index (κ2) is 16.6. The molecule has 0 radical (unpaired) electrons. The molecule has 3 amide bonds. The van der Waals surface area contributed by atoms with Crippen LogP contribution in [0.3, 0.4) is 0 Å². The lowest BCUT2D eigenvalue weighted by molar-refractivity contribution is -0.0177. The van der Waals surface area contributed by atoms with Crippen LogP contribution in [-0.4, -0.2) is 83.6 Å². The minimum absolute atomic E-state index is 0.0375. The number of fused-ring (bicyclic) bond motifs is 1. The lowest BCUT2D eigenvalue weighted by Crippen LogP contribution is -2.47. The van der Waals surface area contributed by atoms with Gasteiger partial charge in [0.05, 0.1) is 30.4 Å². The molecule has 0 spiro atoms. The fraction of sp³-hybridized carbons (Fsp3) is 0.514. The summed E-state index contributed by atoms with van der Waals surface area (Å²) in [6, 6.07) is 14.4. The molecule has 11 nitrogen and oxygen atoms in total. The van der Waals surface area contributed by atoms with Gasteiger partial charge in [-0.1, -0.05) is 42.4 Å². The van der Waals surface area contributed by atoms with E-state index in [-0.39, 0.29) is 30.6 Å². The number of aryl methyl sites for hydroxylation is 2. The number of aromatic nitrogens is 1. The van der Waals surface area contributed by atoms with Crippen molar-refractivity contribution in [1.82, 2.24) is 15.0 Å². The molecular weight excluding hydrogens is 586 g/mol. The van der Waals surface area contributed by atoms with Crippen LogP contribution in [0, 0.1) is 19.8 Å². The van der Waals surface area contributed by atoms with E-state index < -0.39 is 12.1 Å². The number of nitrogens with one attached hydrogen (secondary N) is 2. The van der Waals surface area contributed by atoms with Gasteiger partial charge in [0, 0.05) is 37.8 Å². The third-order valence-corrected chi connectivity index (χ3v) is 8.37. The first kappa shape index (κ1) is 34.9. The van der Waals surface area contributed by atoms with E-state index in [0.29, 0.717) is 53.8 Å². The number of aliphatic hydroxyl groups excluding tert-OH is 1. The third-order valence-electron chi connectivity index (χ3n) is 8.37. The Balaban J connectivity index is 1.60. The summed E-state index contributed by atoms with van der Waals surface area (Å²) in [4.78, 5) is 31.2. The predicted octanol–water partition coefficient (Wildman–Crippen LogP) is 5.86. The van der Waals surface area contributed by atoms with E-state index in [0.717, 1.165) is 25.8 Å². The van der Waals surface area contributed by atoms with Gasteiger partial charge in [0.2, 0.25) is 0 Å². The maximum Gasteiger partial charge on any atom is 0.323 e. The van der Waals surface area contributed by atoms with Gasteiger partial charge >= 0.3 is 6.03 Å². The summed E-state index contributed by atoms with van der Waals surface area (Å²) in [6.07, 6.45) is 2.33. The van der Waals surface area contributed by atoms with Gasteiger partial charge < -0.3 is 34.6 Å². The fourth-order valence-electron chi connectivity index (χ4n) is 5.67. The van der Waals surface area contributed by atoms with Crippen molar-refractivity contribution in [3.8, 4) is 5.75 Å². The minimum Gasteiger partial charge on any atom is -0.490 e. The quantitative estimate of drug-likeness (QED) is 0.281. The number of carbonyl (C=O) groups is 2. The molecule has 11 heteroatoms. The molecule has 46 heavy (non-hydrogen) atoms. The maximum atomic E-state index is 14.3. The first-order valence-corrected chi connectivity index (χ1v) is 16.1. The minimum atomic E-state index is -0.495. The van der Waals surface area contributed by atoms with E-state index in [1.807, 2.05) is 32.0 Å². The van der Waals surface area contributed by atoms with Crippen molar-refractivity contribution in [3.63, 3.8) is 0 Å². The highest BCUT2D eigenvalue weighted by atomic mass is 16.5. The van der Waals surface area contributed by atoms with Crippen LogP contribution < -0.4 is 15.4 Å². The highest BCUT2D eigenvalue weighted by Crippen LogP contribution is 2.29. The first-order valence-electron chi connectivity index (χ1n) is 16.1. The number of hydrogen-bond acceptors (Lipinski definition) is 8. The molecule has 4 rings (SSSR count). The molecule has 250 valence electrons. The lowest BCUT2D eigenvalue weighted by Gasteiger charge is -2.36. The number of benzene rings is 2. The Morgan fingerprint density at radius 1 is 1.13 bits per heavy atom. The van der Waals surface area contributed by atoms with Gasteiger partial charge in [-0.3, -0.25) is 9.69 Å². The molecule has 3 aromatic rings. The summed E-state index contributed by atoms with van der Waals surface area (Å²) in [6.45, 7) is 11.6. The van der Waals surface area contributed by atoms with Gasteiger partial charge in [-0.15, -0.1) is 0 Å². The molecule has 1 aliphatic heterocycles. The summed E-state index contributed by atoms with van der Waals surface area (Å²) < 4.78 is 17.9. The molecule has 0 fully saturated rings. The van der Waals surface area contributed by atoms with Gasteiger partial charge in [-0.05, 0) is 77.8 Å². The highest BCUT2D eigenvalue weighted by Gasteiger charge is 2.30. The number of aliphatic hydroxyl groups is 1. The number of urea groups is 1. The number of ether oxygens (including phenoxy) is 2. The Labute approximate surface area is 272 Å². The smallest absolute Gasteiger partial charge is 0.323 e. The van der Waals surface area contributed by atoms with E-state index in [2.05, 4.69) is 46.8 Å². The van der Waals surface area contributed by atoms with Crippen LogP contribution >= 0.6 is 0 Å². The van der Waals surface area contributed by atoms with Crippen molar-refractivity contribution >= 4 is 23.3 Å². The SMILES string of the molecule is Cc1noc(C)c1NC(=O)Nc1ccc2c(c1)C(=O)N([C@@H](C)CO)C[C@H](C)[C@@H](CN(C)Cc1ccccc1)OCCCC[C@H](C)O2. The van der Waals surface area contributed by atoms with E-state index in [1.165, 1.54) is 5.56 Å². The van der Waals surface area contributed by atoms with E-state index in [9.17, 15) is 14.7 Å². The van der Waals surface area contributed by atoms with Crippen LogP contribution in [0.1, 0.15) is 67.4 Å². The second-order valence-corrected chi connectivity index (χ2v) is 12.5. The zero-order chi connectivity index (χ0) is 33.2. The number of nitrogens with zero attached hydrogens (tertiary/aromatic N) is 3. The zero-order valence-electron chi connectivity index (χ0n) is 27.9. The molecule has 0 aliphatic carbocycles. The Hall–Kier alpha value is -3.93. The van der Waals surface area contributed by atoms with Gasteiger partial charge in [-0.25, -0.2) is 4.79 Å². The molecule has 0 saturated carbocycles. The van der Waals surface area contributed by atoms with Crippen molar-refractivity contribution in [3.05, 3.63) is 71.1 Å². The topological polar surface area (TPSA) is 129 Å². The average molecular weight is 636 g/mol. The second-order valence-electron chi connectivity index (χ2n) is 12.5. The predicted molar refractivity (Wildman–Crippen MR) is 178 cm³/mol. The third kappa shape index (κ3) is 9.54. The Bertz CT molecular complexity index is 1410. The molecule has 2 heterocycles. The molecule has 0 unspecified atom stereocenters. The normalized spacial score (nSPS) is 20.4. The maximum absolute atomic E-state index is 14.3. The zero-order valence-corrected chi connectivity index (χ0v) is 27.9. The molecule has 1 aromatic heterocycles. The first-order chi connectivity index (χ1) is 22.0. The number of hydrogen-bond donors (Lipinski definition) is 3. The van der Waals surface area contributed by atoms with Crippen molar-refractivity contribution in [1.29, 1.82) is 0 Å². The van der Waals surface area contributed by atoms with Crippen LogP contribution in [0.15, 0.2) is 53.1 Å². The molecule has 3 N–H and O–H groups in total. The molecular formula is C35H49N5O6. The number of likely N-dealkylation sites (N-methyl/N-ethyl adjacent to an activating group) is 1. The molecule has 4 atom stereocenters. The Morgan fingerprint density at radius 3 is 2.59 bits per heavy atom. The van der Waals surface area contributed by atoms with Crippen LogP contribution in [0.4, 0.5) is 16.2 Å². The summed E-state index contributed by atoms with van der Waals surface area (Å²) in [7, 11) is 2.08. The summed E-state index contributed by atoms with van der Waals surface area (Å²) in [5.74, 6) is 0.596. The molecule has 1 aliphatic rings. The van der Waals surface area contributed by atoms with Gasteiger partial charge in [-0.2, -0.15) is 0 Å². The Morgan fingerprint density at radius 2 is 1.89 bits per heavy atom. The van der Waals surface area contributed by atoms with E-state index in [4.69, 9.17) is 14.0 Å². The van der Waals surface area contributed by atoms with Gasteiger partial charge in [0.25, 0.3) is 5.91 Å². The summed E-state index contributed by atoms with van der Waals surface area (Å²) in [5, 5.41) is 19.7. The summed E-state index contributed by atoms with van der Waals surface area (Å²) in [5.41, 5.74) is 3.00. The van der Waals surface area contributed by atoms with Gasteiger partial charge in [0.1, 0.15) is 17.1 Å². The van der Waals surface area contributed by atoms with Crippen LogP contribution in [0.5, 0.6) is 5.75 Å². The fourth-order valence-corrected chi connectivity index (χ4v) is 5.67. The van der Waals surface area contributed by atoms with Crippen molar-refractivity contribution < 1.29 is 28.7 Å². The van der Waals surface area contributed by atoms with Crippen molar-refractivity contribution in [2.45, 2.75) is 78.7 Å². The molecule has 0 saturated heterocycles. The van der Waals surface area contributed by atoms with E-state index in [1.54, 1.807) is 36.9 Å². The Kier molecular flexibility index (Phi) is 12.6. The lowest BCUT2D eigenvalue weighted by atomic mass is 10.0. The van der Waals surface area contributed by atoms with Crippen molar-refractivity contribution in [2.24, 2.45) is 5.92 Å². The highest BCUT2D eigenvalue weighted by molar-refractivity contribution is 6.03. The van der Waals surface area contributed by atoms with Crippen LogP contribution in [-0.2, 0) is 11.3 Å². The summed E-state index contributed by atoms with van der Waals surface area (Å²) >= 11 is 0.